The zero-order valence-electron chi connectivity index (χ0n) is 89.4. The second-order valence-electron chi connectivity index (χ2n) is 43.5. The summed E-state index contributed by atoms with van der Waals surface area (Å²) >= 11 is 10.0. The minimum atomic E-state index is -1.04. The van der Waals surface area contributed by atoms with Gasteiger partial charge in [-0.3, -0.25) is 63.6 Å². The maximum Gasteiger partial charge on any atom is 0.410 e. The third kappa shape index (κ3) is 29.0. The Kier molecular flexibility index (Phi) is 35.5. The number of pyridine rings is 7. The zero-order chi connectivity index (χ0) is 110. The summed E-state index contributed by atoms with van der Waals surface area (Å²) in [4.78, 5) is 174. The molecule has 9 aliphatic rings. The molecule has 806 valence electrons. The van der Waals surface area contributed by atoms with Crippen molar-refractivity contribution in [2.75, 3.05) is 69.7 Å². The molecule has 7 amide bonds. The Bertz CT molecular complexity index is 6350. The maximum atomic E-state index is 13.5. The number of nitrogens with zero attached hydrogens (tertiary/aromatic N) is 17. The number of halogens is 3. The number of carbonyl (C=O) groups excluding carboxylic acids is 10. The van der Waals surface area contributed by atoms with E-state index < -0.39 is 74.7 Å². The number of rotatable bonds is 19. The van der Waals surface area contributed by atoms with Gasteiger partial charge in [0.25, 0.3) is 11.8 Å². The molecule has 0 spiro atoms. The Morgan fingerprint density at radius 3 is 0.907 bits per heavy atom. The van der Waals surface area contributed by atoms with Crippen molar-refractivity contribution in [3.63, 3.8) is 0 Å². The first kappa shape index (κ1) is 116. The average Bonchev–Trinajstić information content (AvgIpc) is 1.58. The number of hydrogen-bond donors (Lipinski definition) is 4. The molecule has 7 aliphatic carbocycles. The van der Waals surface area contributed by atoms with E-state index in [1.54, 1.807) is 141 Å². The topological polar surface area (TPSA) is 477 Å². The Hall–Kier alpha value is -13.0. The molecule has 0 atom stereocenters. The SMILES string of the molecule is CC(C)(C)OC(=O)NC1(c2ccc(Br)cn2)CC1.CN(C(=O)OC(C)(C)C)C1(c2ccc(Br)cn2)CC1.CN(C(=O)c1cnn2c1CN(C(=O)OC(C)(C)C)CC2)C1(c2ccc(C(=O)O)cn2)CC1.CNC1(c2ccc(C(=O)OC)cn2)CC1.COC(=O)c1ccc(C2(N(C)C(=O)OC(C)(C)C)CC2)nc1.COC(=O)c1ccc(C2(N(C)C(=O)c3cnn4c3CN(C(=O)OC(C)(C)C)CC4)CC2)nc1.NC1(c2ccc(Br)cn2)CC1. The number of amides is 7. The second-order valence-corrected chi connectivity index (χ2v) is 46.2. The quantitative estimate of drug-likeness (QED) is 0.0431. The molecule has 0 unspecified atom stereocenters. The number of aromatic nitrogens is 11. The van der Waals surface area contributed by atoms with Crippen LogP contribution in [0.2, 0.25) is 0 Å². The van der Waals surface area contributed by atoms with E-state index in [1.807, 2.05) is 153 Å². The van der Waals surface area contributed by atoms with E-state index in [0.29, 0.717) is 71.1 Å². The molecule has 18 rings (SSSR count). The van der Waals surface area contributed by atoms with E-state index >= 15 is 0 Å². The van der Waals surface area contributed by atoms with E-state index in [0.717, 1.165) is 137 Å². The first-order chi connectivity index (χ1) is 70.2. The molecule has 2 aliphatic heterocycles. The van der Waals surface area contributed by atoms with Gasteiger partial charge < -0.3 is 79.0 Å². The summed E-state index contributed by atoms with van der Waals surface area (Å²) in [6.45, 7) is 30.0. The Balaban J connectivity index is 0.000000159. The van der Waals surface area contributed by atoms with Gasteiger partial charge in [-0.25, -0.2) is 43.2 Å². The van der Waals surface area contributed by atoms with Crippen LogP contribution in [0.4, 0.5) is 24.0 Å². The van der Waals surface area contributed by atoms with Crippen LogP contribution in [0.3, 0.4) is 0 Å². The summed E-state index contributed by atoms with van der Waals surface area (Å²) in [5.74, 6) is -2.66. The molecule has 7 saturated carbocycles. The highest BCUT2D eigenvalue weighted by molar-refractivity contribution is 9.11. The number of ether oxygens (including phenoxy) is 8. The summed E-state index contributed by atoms with van der Waals surface area (Å²) < 4.78 is 47.5. The van der Waals surface area contributed by atoms with E-state index in [9.17, 15) is 52.7 Å². The standard InChI is InChI=1S/C23H29N5O5.C22H27N5O5.C16H22N2O4.C14H19BrN2O2.C13H17BrN2O2.C11H14N2O2.C8H9BrN2/c1-22(2,3)33-21(31)27-10-11-28-17(14-27)16(13-25-28)19(29)26(4)23(8-9-23)18-7-6-15(12-24-18)20(30)32-5;1-21(2,3)32-20(31)26-9-10-27-16(13-26)15(12-24-27)18(28)25(4)22(7-8-22)17-6-5-14(11-23-17)19(29)30;1-15(2,3)22-14(20)18(4)16(8-9-16)12-7-6-11(10-17-12)13(19)21-5;1-13(2,3)19-12(18)17(4)14(7-8-14)11-6-5-10(15)9-16-11;1-12(2,3)18-11(17)16-13(6-7-13)10-5-4-9(14)8-15-10;1-12-11(5-6-11)9-4-3-8(7-13-9)10(14)15-2;9-6-1-2-7(11-5-6)8(10)3-4-8/h6-7,12-13H,8-11,14H2,1-5H3;5-6,11-12H,7-10,13H2,1-4H3,(H,29,30);6-7,10H,8-9H2,1-5H3;5-6,9H,7-8H2,1-4H3;4-5,8H,6-7H2,1-3H3,(H,16,17);3-4,7,12H,5-6H2,1-2H3;1-2,5H,3-4,10H2. The molecule has 0 bridgehead atoms. The second kappa shape index (κ2) is 46.1. The molecular formula is C107H137Br3N20O20. The maximum absolute atomic E-state index is 13.5. The van der Waals surface area contributed by atoms with Crippen molar-refractivity contribution >= 4 is 114 Å². The smallest absolute Gasteiger partial charge is 0.410 e. The van der Waals surface area contributed by atoms with Crippen molar-refractivity contribution in [1.29, 1.82) is 0 Å². The molecule has 5 N–H and O–H groups in total. The van der Waals surface area contributed by atoms with E-state index in [2.05, 4.69) is 113 Å². The Morgan fingerprint density at radius 1 is 0.353 bits per heavy atom. The van der Waals surface area contributed by atoms with Crippen LogP contribution in [0.15, 0.2) is 154 Å². The minimum Gasteiger partial charge on any atom is -0.478 e. The van der Waals surface area contributed by atoms with Crippen molar-refractivity contribution in [3.8, 4) is 0 Å². The van der Waals surface area contributed by atoms with Crippen molar-refractivity contribution in [3.05, 3.63) is 239 Å². The summed E-state index contributed by atoms with van der Waals surface area (Å²) in [6.07, 6.45) is 25.1. The molecular weight excluding hydrogens is 2130 g/mol. The van der Waals surface area contributed by atoms with Gasteiger partial charge in [-0.1, -0.05) is 0 Å². The number of alkyl carbamates (subject to hydrolysis) is 1. The van der Waals surface area contributed by atoms with E-state index in [1.165, 1.54) is 46.0 Å². The summed E-state index contributed by atoms with van der Waals surface area (Å²) in [5, 5.41) is 24.0. The lowest BCUT2D eigenvalue weighted by atomic mass is 10.1. The van der Waals surface area contributed by atoms with Gasteiger partial charge in [-0.15, -0.1) is 0 Å². The summed E-state index contributed by atoms with van der Waals surface area (Å²) in [6, 6.07) is 25.4. The molecule has 11 heterocycles. The highest BCUT2D eigenvalue weighted by atomic mass is 79.9. The fourth-order valence-corrected chi connectivity index (χ4v) is 17.5. The Morgan fingerprint density at radius 2 is 0.640 bits per heavy atom. The van der Waals surface area contributed by atoms with Gasteiger partial charge in [0.15, 0.2) is 0 Å². The molecule has 43 heteroatoms. The lowest BCUT2D eigenvalue weighted by Gasteiger charge is -2.32. The van der Waals surface area contributed by atoms with Crippen LogP contribution in [0.1, 0.15) is 307 Å². The molecule has 0 saturated heterocycles. The Labute approximate surface area is 899 Å². The van der Waals surface area contributed by atoms with Crippen LogP contribution >= 0.6 is 47.8 Å². The third-order valence-corrected chi connectivity index (χ3v) is 28.0. The first-order valence-corrected chi connectivity index (χ1v) is 51.9. The van der Waals surface area contributed by atoms with E-state index in [-0.39, 0.29) is 76.9 Å². The molecule has 7 fully saturated rings. The van der Waals surface area contributed by atoms with Gasteiger partial charge in [0.1, 0.15) is 28.0 Å². The molecule has 0 aromatic carbocycles. The van der Waals surface area contributed by atoms with Gasteiger partial charge in [0.2, 0.25) is 0 Å². The fraction of sp³-hybridized carbons (Fsp3) is 0.514. The van der Waals surface area contributed by atoms with Crippen molar-refractivity contribution in [2.24, 2.45) is 5.73 Å². The number of carboxylic acid groups (broad SMARTS) is 1. The summed E-state index contributed by atoms with van der Waals surface area (Å²) in [5.41, 5.74) is 10.6. The predicted molar refractivity (Wildman–Crippen MR) is 563 cm³/mol. The number of carbonyl (C=O) groups is 11. The molecule has 40 nitrogen and oxygen atoms in total. The fourth-order valence-electron chi connectivity index (χ4n) is 16.8. The van der Waals surface area contributed by atoms with Gasteiger partial charge >= 0.3 is 54.3 Å². The highest BCUT2D eigenvalue weighted by Crippen LogP contribution is 2.55. The number of methoxy groups -OCH3 is 3. The van der Waals surface area contributed by atoms with Crippen molar-refractivity contribution in [1.82, 2.24) is 94.5 Å². The monoisotopic (exact) mass is 2260 g/mol. The average molecular weight is 2260 g/mol. The number of carboxylic acids is 1. The number of nitrogens with two attached hydrogens (primary N) is 1. The van der Waals surface area contributed by atoms with Crippen molar-refractivity contribution < 1.29 is 95.7 Å². The summed E-state index contributed by atoms with van der Waals surface area (Å²) in [7, 11) is 12.9. The number of hydrogen-bond acceptors (Lipinski definition) is 30. The van der Waals surface area contributed by atoms with Crippen LogP contribution in [0.5, 0.6) is 0 Å². The lowest BCUT2D eigenvalue weighted by molar-refractivity contribution is 0.0175. The molecule has 0 radical (unpaired) electrons. The molecule has 9 aromatic heterocycles. The number of fused-ring (bicyclic) bond motifs is 2. The van der Waals surface area contributed by atoms with Crippen LogP contribution in [-0.2, 0) is 103 Å². The third-order valence-electron chi connectivity index (χ3n) is 26.6. The highest BCUT2D eigenvalue weighted by Gasteiger charge is 2.57. The van der Waals surface area contributed by atoms with E-state index in [4.69, 9.17) is 39.3 Å². The zero-order valence-corrected chi connectivity index (χ0v) is 94.2. The lowest BCUT2D eigenvalue weighted by Crippen LogP contribution is -2.43. The number of esters is 3. The molecule has 9 aromatic rings. The predicted octanol–water partition coefficient (Wildman–Crippen LogP) is 17.7. The van der Waals surface area contributed by atoms with Crippen molar-refractivity contribution in [2.45, 2.75) is 287 Å². The van der Waals surface area contributed by atoms with Gasteiger partial charge in [0, 0.05) is 98.1 Å². The van der Waals surface area contributed by atoms with Gasteiger partial charge in [-0.2, -0.15) is 10.2 Å². The van der Waals surface area contributed by atoms with Crippen LogP contribution < -0.4 is 16.4 Å². The first-order valence-electron chi connectivity index (χ1n) is 49.5. The normalized spacial score (nSPS) is 16.9. The van der Waals surface area contributed by atoms with Crippen LogP contribution in [-0.4, -0.2) is 253 Å². The van der Waals surface area contributed by atoms with Crippen LogP contribution in [0, 0.1) is 0 Å². The van der Waals surface area contributed by atoms with Crippen LogP contribution in [0.25, 0.3) is 0 Å². The largest absolute Gasteiger partial charge is 0.478 e. The molecule has 150 heavy (non-hydrogen) atoms. The van der Waals surface area contributed by atoms with Gasteiger partial charge in [-0.05, 0) is 334 Å². The van der Waals surface area contributed by atoms with Gasteiger partial charge in [0.05, 0.1) is 183 Å². The minimum absolute atomic E-state index is 0.0502. The number of aromatic carboxylic acids is 1. The number of nitrogens with one attached hydrogen (secondary N) is 2.